The van der Waals surface area contributed by atoms with E-state index in [0.717, 1.165) is 4.90 Å². The van der Waals surface area contributed by atoms with Gasteiger partial charge in [0.25, 0.3) is 5.56 Å². The summed E-state index contributed by atoms with van der Waals surface area (Å²) in [4.78, 5) is 17.5. The van der Waals surface area contributed by atoms with Crippen molar-refractivity contribution < 1.29 is 31.4 Å². The predicted molar refractivity (Wildman–Crippen MR) is 60.8 cm³/mol. The van der Waals surface area contributed by atoms with E-state index in [-0.39, 0.29) is 12.6 Å². The van der Waals surface area contributed by atoms with Gasteiger partial charge in [0.2, 0.25) is 0 Å². The smallest absolute Gasteiger partial charge is 0.379 e. The Balaban J connectivity index is 2.16. The first-order valence-corrected chi connectivity index (χ1v) is 6.10. The molecule has 2 rings (SSSR count). The maximum atomic E-state index is 12.6. The second-order valence-corrected chi connectivity index (χ2v) is 5.07. The van der Waals surface area contributed by atoms with Crippen LogP contribution in [0.25, 0.3) is 0 Å². The van der Waals surface area contributed by atoms with Crippen molar-refractivity contribution in [2.24, 2.45) is 0 Å². The van der Waals surface area contributed by atoms with Gasteiger partial charge in [0.1, 0.15) is 5.82 Å². The van der Waals surface area contributed by atoms with Crippen LogP contribution in [0.2, 0.25) is 0 Å². The monoisotopic (exact) mass is 331 g/mol. The number of nitrogens with zero attached hydrogens (tertiary/aromatic N) is 2. The zero-order chi connectivity index (χ0) is 16.8. The maximum Gasteiger partial charge on any atom is 0.433 e. The van der Waals surface area contributed by atoms with E-state index >= 15 is 0 Å². The van der Waals surface area contributed by atoms with E-state index in [9.17, 15) is 36.2 Å². The van der Waals surface area contributed by atoms with Crippen LogP contribution in [0, 0.1) is 0 Å². The number of rotatable bonds is 2. The largest absolute Gasteiger partial charge is 0.433 e. The van der Waals surface area contributed by atoms with E-state index in [1.807, 2.05) is 4.98 Å². The lowest BCUT2D eigenvalue weighted by molar-refractivity contribution is -0.254. The number of aromatic amines is 1. The van der Waals surface area contributed by atoms with Gasteiger partial charge in [0, 0.05) is 19.2 Å². The number of nitrogens with one attached hydrogen (secondary N) is 1. The van der Waals surface area contributed by atoms with Crippen LogP contribution in [-0.2, 0) is 12.7 Å². The van der Waals surface area contributed by atoms with Crippen molar-refractivity contribution >= 4 is 0 Å². The molecule has 2 heterocycles. The number of β-amino-alcohol motifs (C(OH)–C–C–N with tert-alkyl or cyclic N) is 1. The lowest BCUT2D eigenvalue weighted by atomic mass is 10.0. The lowest BCUT2D eigenvalue weighted by Crippen LogP contribution is -2.47. The summed E-state index contributed by atoms with van der Waals surface area (Å²) in [6.45, 7) is -1.41. The third kappa shape index (κ3) is 3.40. The average Bonchev–Trinajstić information content (AvgIpc) is 2.69. The molecule has 5 nitrogen and oxygen atoms in total. The zero-order valence-corrected chi connectivity index (χ0v) is 10.9. The predicted octanol–water partition coefficient (Wildman–Crippen LogP) is 1.29. The fourth-order valence-corrected chi connectivity index (χ4v) is 2.18. The van der Waals surface area contributed by atoms with E-state index < -0.39 is 54.5 Å². The van der Waals surface area contributed by atoms with Crippen LogP contribution in [0.3, 0.4) is 0 Å². The van der Waals surface area contributed by atoms with Crippen LogP contribution in [0.15, 0.2) is 10.9 Å². The molecule has 1 aliphatic rings. The second kappa shape index (κ2) is 5.23. The molecule has 1 aromatic rings. The summed E-state index contributed by atoms with van der Waals surface area (Å²) < 4.78 is 75.5. The van der Waals surface area contributed by atoms with Crippen molar-refractivity contribution in [3.63, 3.8) is 0 Å². The minimum absolute atomic E-state index is 0.185. The molecule has 0 unspecified atom stereocenters. The minimum atomic E-state index is -4.84. The van der Waals surface area contributed by atoms with Crippen LogP contribution in [0.5, 0.6) is 0 Å². The molecule has 1 saturated heterocycles. The van der Waals surface area contributed by atoms with Crippen LogP contribution >= 0.6 is 0 Å². The van der Waals surface area contributed by atoms with Gasteiger partial charge in [-0.05, 0) is 6.42 Å². The normalized spacial score (nSPS) is 24.0. The Morgan fingerprint density at radius 1 is 1.32 bits per heavy atom. The Labute approximate surface area is 119 Å². The minimum Gasteiger partial charge on any atom is -0.379 e. The molecular weight excluding hydrogens is 320 g/mol. The van der Waals surface area contributed by atoms with Gasteiger partial charge < -0.3 is 10.1 Å². The summed E-state index contributed by atoms with van der Waals surface area (Å²) in [5, 5.41) is 9.48. The van der Waals surface area contributed by atoms with Gasteiger partial charge in [0.15, 0.2) is 11.3 Å². The molecule has 2 N–H and O–H groups in total. The van der Waals surface area contributed by atoms with Crippen molar-refractivity contribution in [1.82, 2.24) is 14.9 Å². The molecule has 124 valence electrons. The molecule has 0 saturated carbocycles. The van der Waals surface area contributed by atoms with E-state index in [1.54, 1.807) is 0 Å². The van der Waals surface area contributed by atoms with Crippen molar-refractivity contribution in [1.29, 1.82) is 0 Å². The highest BCUT2D eigenvalue weighted by molar-refractivity contribution is 5.07. The van der Waals surface area contributed by atoms with Gasteiger partial charge >= 0.3 is 12.4 Å². The SMILES string of the molecule is O=c1cc(C(F)(F)F)nc(CN2CC[C@](O)(C(F)(F)F)C2)[nH]1. The Hall–Kier alpha value is -1.62. The highest BCUT2D eigenvalue weighted by atomic mass is 19.4. The highest BCUT2D eigenvalue weighted by Gasteiger charge is 2.56. The number of hydrogen-bond acceptors (Lipinski definition) is 4. The van der Waals surface area contributed by atoms with Crippen LogP contribution in [0.4, 0.5) is 26.3 Å². The number of aliphatic hydroxyl groups is 1. The number of hydrogen-bond donors (Lipinski definition) is 2. The maximum absolute atomic E-state index is 12.6. The molecule has 1 aromatic heterocycles. The van der Waals surface area contributed by atoms with Crippen molar-refractivity contribution in [3.05, 3.63) is 27.9 Å². The number of aromatic nitrogens is 2. The van der Waals surface area contributed by atoms with Crippen molar-refractivity contribution in [2.75, 3.05) is 13.1 Å². The number of H-pyrrole nitrogens is 1. The Morgan fingerprint density at radius 2 is 1.95 bits per heavy atom. The molecule has 11 heteroatoms. The number of alkyl halides is 6. The summed E-state index contributed by atoms with van der Waals surface area (Å²) in [6.07, 6.45) is -10.3. The Morgan fingerprint density at radius 3 is 2.45 bits per heavy atom. The average molecular weight is 331 g/mol. The Bertz CT molecular complexity index is 611. The first-order chi connectivity index (χ1) is 9.91. The number of likely N-dealkylation sites (tertiary alicyclic amines) is 1. The summed E-state index contributed by atoms with van der Waals surface area (Å²) >= 11 is 0. The second-order valence-electron chi connectivity index (χ2n) is 5.07. The van der Waals surface area contributed by atoms with Crippen molar-refractivity contribution in [3.8, 4) is 0 Å². The molecule has 1 atom stereocenters. The van der Waals surface area contributed by atoms with Gasteiger partial charge in [-0.1, -0.05) is 0 Å². The molecule has 0 aromatic carbocycles. The lowest BCUT2D eigenvalue weighted by Gasteiger charge is -2.25. The summed E-state index contributed by atoms with van der Waals surface area (Å²) in [7, 11) is 0. The van der Waals surface area contributed by atoms with E-state index in [0.29, 0.717) is 0 Å². The van der Waals surface area contributed by atoms with Gasteiger partial charge in [-0.15, -0.1) is 0 Å². The van der Waals surface area contributed by atoms with Crippen LogP contribution in [-0.4, -0.2) is 44.8 Å². The molecule has 0 aliphatic carbocycles. The summed E-state index contributed by atoms with van der Waals surface area (Å²) in [6, 6.07) is 0.263. The fraction of sp³-hybridized carbons (Fsp3) is 0.636. The van der Waals surface area contributed by atoms with Gasteiger partial charge in [-0.3, -0.25) is 9.69 Å². The van der Waals surface area contributed by atoms with Gasteiger partial charge in [-0.2, -0.15) is 26.3 Å². The van der Waals surface area contributed by atoms with Crippen LogP contribution in [0.1, 0.15) is 17.9 Å². The third-order valence-electron chi connectivity index (χ3n) is 3.31. The molecule has 1 aliphatic heterocycles. The van der Waals surface area contributed by atoms with Gasteiger partial charge in [0.05, 0.1) is 6.54 Å². The fourth-order valence-electron chi connectivity index (χ4n) is 2.18. The molecule has 22 heavy (non-hydrogen) atoms. The third-order valence-corrected chi connectivity index (χ3v) is 3.31. The highest BCUT2D eigenvalue weighted by Crippen LogP contribution is 2.37. The first kappa shape index (κ1) is 16.7. The van der Waals surface area contributed by atoms with E-state index in [2.05, 4.69) is 4.98 Å². The van der Waals surface area contributed by atoms with Crippen molar-refractivity contribution in [2.45, 2.75) is 30.9 Å². The molecule has 0 bridgehead atoms. The Kier molecular flexibility index (Phi) is 3.98. The molecule has 0 spiro atoms. The van der Waals surface area contributed by atoms with Gasteiger partial charge in [-0.25, -0.2) is 4.98 Å². The summed E-state index contributed by atoms with van der Waals surface area (Å²) in [5.41, 5.74) is -5.38. The molecule has 0 amide bonds. The number of halogens is 6. The molecule has 1 fully saturated rings. The van der Waals surface area contributed by atoms with Crippen LogP contribution < -0.4 is 5.56 Å². The van der Waals surface area contributed by atoms with E-state index in [1.165, 1.54) is 0 Å². The summed E-state index contributed by atoms with van der Waals surface area (Å²) in [5.74, 6) is -0.411. The topological polar surface area (TPSA) is 69.2 Å². The van der Waals surface area contributed by atoms with E-state index in [4.69, 9.17) is 0 Å². The zero-order valence-electron chi connectivity index (χ0n) is 10.9. The molecule has 0 radical (unpaired) electrons. The quantitative estimate of drug-likeness (QED) is 0.802. The standard InChI is InChI=1S/C11H11F6N3O2/c12-10(13,14)6-3-8(21)19-7(18-6)4-20-2-1-9(22,5-20)11(15,16)17/h3,22H,1-2,4-5H2,(H,18,19,21)/t9-/m1/s1. The first-order valence-electron chi connectivity index (χ1n) is 6.10. The molecular formula is C11H11F6N3O2.